The van der Waals surface area contributed by atoms with Crippen LogP contribution in [0.4, 0.5) is 10.5 Å². The van der Waals surface area contributed by atoms with Crippen LogP contribution in [0.5, 0.6) is 0 Å². The summed E-state index contributed by atoms with van der Waals surface area (Å²) in [5.74, 6) is 3.79. The first-order valence-corrected chi connectivity index (χ1v) is 13.7. The van der Waals surface area contributed by atoms with Gasteiger partial charge >= 0.3 is 6.03 Å². The number of nitrogens with one attached hydrogen (secondary N) is 1. The van der Waals surface area contributed by atoms with Gasteiger partial charge in [0.25, 0.3) is 5.89 Å². The van der Waals surface area contributed by atoms with E-state index in [1.807, 2.05) is 29.2 Å². The maximum Gasteiger partial charge on any atom is 0.321 e. The van der Waals surface area contributed by atoms with Gasteiger partial charge in [-0.2, -0.15) is 9.97 Å². The lowest BCUT2D eigenvalue weighted by atomic mass is 9.97. The molecule has 0 unspecified atom stereocenters. The van der Waals surface area contributed by atoms with Gasteiger partial charge < -0.3 is 14.4 Å². The Morgan fingerprint density at radius 2 is 1.68 bits per heavy atom. The lowest BCUT2D eigenvalue weighted by Crippen LogP contribution is -2.43. The summed E-state index contributed by atoms with van der Waals surface area (Å²) in [6.45, 7) is 13.5. The molecule has 0 aliphatic heterocycles. The van der Waals surface area contributed by atoms with Crippen LogP contribution in [0.2, 0.25) is 0 Å². The maximum atomic E-state index is 13.2. The first-order valence-electron chi connectivity index (χ1n) is 13.7. The van der Waals surface area contributed by atoms with Crippen molar-refractivity contribution in [3.63, 3.8) is 0 Å². The summed E-state index contributed by atoms with van der Waals surface area (Å²) in [5, 5.41) is 11.3. The summed E-state index contributed by atoms with van der Waals surface area (Å²) < 4.78 is 10.9. The lowest BCUT2D eigenvalue weighted by Gasteiger charge is -2.26. The van der Waals surface area contributed by atoms with Gasteiger partial charge in [-0.3, -0.25) is 4.90 Å². The molecule has 38 heavy (non-hydrogen) atoms. The molecular weight excluding hydrogens is 480 g/mol. The second kappa shape index (κ2) is 12.4. The Kier molecular flexibility index (Phi) is 8.97. The summed E-state index contributed by atoms with van der Waals surface area (Å²) in [7, 11) is 0. The molecule has 2 saturated carbocycles. The molecule has 2 amide bonds. The van der Waals surface area contributed by atoms with Crippen molar-refractivity contribution in [2.24, 2.45) is 5.41 Å². The van der Waals surface area contributed by atoms with Crippen molar-refractivity contribution >= 4 is 11.7 Å². The minimum Gasteiger partial charge on any atom is -0.339 e. The third-order valence-corrected chi connectivity index (χ3v) is 6.50. The third-order valence-electron chi connectivity index (χ3n) is 6.50. The summed E-state index contributed by atoms with van der Waals surface area (Å²) in [6, 6.07) is 7.69. The van der Waals surface area contributed by atoms with Gasteiger partial charge in [-0.25, -0.2) is 4.79 Å². The highest BCUT2D eigenvalue weighted by molar-refractivity contribution is 5.92. The van der Waals surface area contributed by atoms with Crippen molar-refractivity contribution < 1.29 is 13.8 Å². The molecule has 2 heterocycles. The molecule has 2 aromatic heterocycles. The second-order valence-electron chi connectivity index (χ2n) is 11.3. The molecule has 1 aromatic carbocycles. The zero-order valence-corrected chi connectivity index (χ0v) is 22.9. The van der Waals surface area contributed by atoms with Gasteiger partial charge in [-0.05, 0) is 62.1 Å². The molecule has 2 aliphatic carbocycles. The topological polar surface area (TPSA) is 110 Å². The molecule has 9 nitrogen and oxygen atoms in total. The van der Waals surface area contributed by atoms with Crippen LogP contribution in [0.3, 0.4) is 0 Å². The van der Waals surface area contributed by atoms with Gasteiger partial charge in [0, 0.05) is 42.6 Å². The van der Waals surface area contributed by atoms with Crippen molar-refractivity contribution in [1.82, 2.24) is 25.6 Å². The summed E-state index contributed by atoms with van der Waals surface area (Å²) >= 11 is 0. The van der Waals surface area contributed by atoms with Gasteiger partial charge in [0.05, 0.1) is 0 Å². The van der Waals surface area contributed by atoms with Crippen LogP contribution in [-0.4, -0.2) is 39.4 Å². The molecule has 2 aliphatic rings. The van der Waals surface area contributed by atoms with Crippen molar-refractivity contribution in [2.45, 2.75) is 84.0 Å². The number of nitrogens with zero attached hydrogens (tertiary/aromatic N) is 5. The Morgan fingerprint density at radius 1 is 1.00 bits per heavy atom. The smallest absolute Gasteiger partial charge is 0.321 e. The Morgan fingerprint density at radius 3 is 2.37 bits per heavy atom. The SMILES string of the molecule is C=C.CC(C)(C)CNC(=O)N(CCCCCc1nc(C2CC2)no1)c1cccc(-c2nc(C3CC3)no2)c1. The number of anilines is 1. The van der Waals surface area contributed by atoms with Gasteiger partial charge in [-0.15, -0.1) is 13.2 Å². The highest BCUT2D eigenvalue weighted by Crippen LogP contribution is 2.39. The van der Waals surface area contributed by atoms with Gasteiger partial charge in [0.15, 0.2) is 11.6 Å². The zero-order valence-electron chi connectivity index (χ0n) is 22.9. The summed E-state index contributed by atoms with van der Waals surface area (Å²) in [6.07, 6.45) is 8.11. The Hall–Kier alpha value is -3.49. The first-order chi connectivity index (χ1) is 18.4. The van der Waals surface area contributed by atoms with E-state index in [4.69, 9.17) is 9.05 Å². The number of unbranched alkanes of at least 4 members (excludes halogenated alkanes) is 2. The highest BCUT2D eigenvalue weighted by atomic mass is 16.5. The predicted octanol–water partition coefficient (Wildman–Crippen LogP) is 6.65. The molecule has 204 valence electrons. The Labute approximate surface area is 225 Å². The monoisotopic (exact) mass is 520 g/mol. The minimum atomic E-state index is -0.0998. The second-order valence-corrected chi connectivity index (χ2v) is 11.3. The third kappa shape index (κ3) is 7.76. The first kappa shape index (κ1) is 27.5. The van der Waals surface area contributed by atoms with Crippen LogP contribution in [0.25, 0.3) is 11.5 Å². The molecule has 0 saturated heterocycles. The van der Waals surface area contributed by atoms with E-state index in [2.05, 4.69) is 59.5 Å². The van der Waals surface area contributed by atoms with E-state index in [0.717, 1.165) is 67.3 Å². The molecule has 0 bridgehead atoms. The largest absolute Gasteiger partial charge is 0.339 e. The average molecular weight is 521 g/mol. The molecule has 5 rings (SSSR count). The van der Waals surface area contributed by atoms with E-state index in [1.165, 1.54) is 12.8 Å². The molecule has 0 radical (unpaired) electrons. The van der Waals surface area contributed by atoms with Crippen LogP contribution in [0.15, 0.2) is 46.5 Å². The van der Waals surface area contributed by atoms with E-state index in [1.54, 1.807) is 0 Å². The number of hydrogen-bond acceptors (Lipinski definition) is 7. The standard InChI is InChI=1S/C27H36N6O3.C2H4/c1-27(2,3)17-28-26(34)33(15-6-4-5-10-22-29-23(31-35-22)18-11-12-18)21-9-7-8-20(16-21)25-30-24(32-36-25)19-13-14-19;1-2/h7-9,16,18-19H,4-6,10-15,17H2,1-3H3,(H,28,34);1-2H2. The Bertz CT molecular complexity index is 1190. The number of carbonyl (C=O) groups is 1. The maximum absolute atomic E-state index is 13.2. The van der Waals surface area contributed by atoms with E-state index in [9.17, 15) is 4.79 Å². The van der Waals surface area contributed by atoms with Gasteiger partial charge in [0.2, 0.25) is 5.89 Å². The summed E-state index contributed by atoms with van der Waals surface area (Å²) in [4.78, 5) is 24.1. The molecule has 2 fully saturated rings. The van der Waals surface area contributed by atoms with E-state index >= 15 is 0 Å². The van der Waals surface area contributed by atoms with Crippen LogP contribution >= 0.6 is 0 Å². The molecule has 0 spiro atoms. The number of aryl methyl sites for hydroxylation is 1. The number of urea groups is 1. The average Bonchev–Trinajstić information content (AvgIpc) is 3.85. The van der Waals surface area contributed by atoms with E-state index in [-0.39, 0.29) is 11.4 Å². The van der Waals surface area contributed by atoms with Crippen LogP contribution < -0.4 is 10.2 Å². The number of aromatic nitrogens is 4. The number of hydrogen-bond donors (Lipinski definition) is 1. The number of benzene rings is 1. The fourth-order valence-corrected chi connectivity index (χ4v) is 4.05. The van der Waals surface area contributed by atoms with E-state index < -0.39 is 0 Å². The van der Waals surface area contributed by atoms with E-state index in [0.29, 0.717) is 30.8 Å². The van der Waals surface area contributed by atoms with Gasteiger partial charge in [-0.1, -0.05) is 43.6 Å². The quantitative estimate of drug-likeness (QED) is 0.222. The highest BCUT2D eigenvalue weighted by Gasteiger charge is 2.30. The van der Waals surface area contributed by atoms with Crippen LogP contribution in [-0.2, 0) is 6.42 Å². The normalized spacial score (nSPS) is 15.0. The number of carbonyl (C=O) groups excluding carboxylic acids is 1. The molecule has 0 atom stereocenters. The van der Waals surface area contributed by atoms with Crippen molar-refractivity contribution in [3.05, 3.63) is 55.0 Å². The minimum absolute atomic E-state index is 0.00442. The predicted molar refractivity (Wildman–Crippen MR) is 147 cm³/mol. The Balaban J connectivity index is 0.00000164. The van der Waals surface area contributed by atoms with Crippen molar-refractivity contribution in [1.29, 1.82) is 0 Å². The molecule has 9 heteroatoms. The summed E-state index contributed by atoms with van der Waals surface area (Å²) in [5.41, 5.74) is 1.63. The fraction of sp³-hybridized carbons (Fsp3) is 0.552. The van der Waals surface area contributed by atoms with Gasteiger partial charge in [0.1, 0.15) is 0 Å². The van der Waals surface area contributed by atoms with Crippen LogP contribution in [0.1, 0.15) is 95.1 Å². The zero-order chi connectivity index (χ0) is 27.1. The van der Waals surface area contributed by atoms with Crippen molar-refractivity contribution in [3.8, 4) is 11.5 Å². The fourth-order valence-electron chi connectivity index (χ4n) is 4.05. The van der Waals surface area contributed by atoms with Crippen molar-refractivity contribution in [2.75, 3.05) is 18.0 Å². The lowest BCUT2D eigenvalue weighted by molar-refractivity contribution is 0.241. The molecule has 1 N–H and O–H groups in total. The molecule has 3 aromatic rings. The number of rotatable bonds is 11. The molecular formula is C29H40N6O3. The van der Waals surface area contributed by atoms with Crippen LogP contribution in [0, 0.1) is 5.41 Å². The number of amides is 2.